The summed E-state index contributed by atoms with van der Waals surface area (Å²) >= 11 is 0. The summed E-state index contributed by atoms with van der Waals surface area (Å²) < 4.78 is 13.9. The van der Waals surface area contributed by atoms with Gasteiger partial charge in [-0.25, -0.2) is 4.39 Å². The lowest BCUT2D eigenvalue weighted by Gasteiger charge is -2.35. The summed E-state index contributed by atoms with van der Waals surface area (Å²) in [6, 6.07) is 4.73. The van der Waals surface area contributed by atoms with Crippen LogP contribution in [0.4, 0.5) is 4.39 Å². The summed E-state index contributed by atoms with van der Waals surface area (Å²) in [4.78, 5) is 2.30. The van der Waals surface area contributed by atoms with Gasteiger partial charge in [0.25, 0.3) is 0 Å². The van der Waals surface area contributed by atoms with Crippen molar-refractivity contribution < 1.29 is 9.50 Å². The normalized spacial score (nSPS) is 21.0. The summed E-state index contributed by atoms with van der Waals surface area (Å²) in [6.45, 7) is 3.58. The quantitative estimate of drug-likeness (QED) is 0.891. The molecule has 2 aliphatic rings. The molecule has 4 nitrogen and oxygen atoms in total. The van der Waals surface area contributed by atoms with Crippen LogP contribution in [-0.2, 0) is 0 Å². The second kappa shape index (κ2) is 6.00. The first-order chi connectivity index (χ1) is 10.2. The molecule has 0 spiro atoms. The highest BCUT2D eigenvalue weighted by Gasteiger charge is 2.32. The zero-order chi connectivity index (χ0) is 14.8. The van der Waals surface area contributed by atoms with Crippen LogP contribution in [-0.4, -0.2) is 36.2 Å². The minimum atomic E-state index is -0.694. The minimum Gasteiger partial charge on any atom is -0.505 e. The van der Waals surface area contributed by atoms with E-state index >= 15 is 0 Å². The van der Waals surface area contributed by atoms with E-state index in [1.54, 1.807) is 6.07 Å². The van der Waals surface area contributed by atoms with E-state index in [0.29, 0.717) is 11.5 Å². The number of aromatic hydroxyl groups is 1. The maximum atomic E-state index is 13.9. The number of nitriles is 1. The van der Waals surface area contributed by atoms with Crippen molar-refractivity contribution in [1.82, 2.24) is 10.2 Å². The van der Waals surface area contributed by atoms with Crippen molar-refractivity contribution in [3.05, 3.63) is 29.1 Å². The topological polar surface area (TPSA) is 59.3 Å². The second-order valence-electron chi connectivity index (χ2n) is 5.99. The van der Waals surface area contributed by atoms with Crippen LogP contribution < -0.4 is 5.32 Å². The first kappa shape index (κ1) is 14.3. The van der Waals surface area contributed by atoms with Gasteiger partial charge in [-0.15, -0.1) is 0 Å². The molecule has 0 radical (unpaired) electrons. The van der Waals surface area contributed by atoms with Gasteiger partial charge in [-0.3, -0.25) is 4.90 Å². The average Bonchev–Trinajstić information content (AvgIpc) is 3.33. The number of halogens is 1. The van der Waals surface area contributed by atoms with Crippen molar-refractivity contribution >= 4 is 0 Å². The molecule has 0 aromatic heterocycles. The predicted molar refractivity (Wildman–Crippen MR) is 77.3 cm³/mol. The molecule has 2 N–H and O–H groups in total. The molecule has 1 saturated carbocycles. The number of nitrogens with zero attached hydrogens (tertiary/aromatic N) is 2. The molecule has 21 heavy (non-hydrogen) atoms. The summed E-state index contributed by atoms with van der Waals surface area (Å²) in [5, 5.41) is 22.5. The Morgan fingerprint density at radius 1 is 1.38 bits per heavy atom. The Kier molecular flexibility index (Phi) is 4.09. The number of nitrogens with one attached hydrogen (secondary N) is 1. The Balaban J connectivity index is 1.94. The van der Waals surface area contributed by atoms with Gasteiger partial charge in [0.1, 0.15) is 0 Å². The van der Waals surface area contributed by atoms with Gasteiger partial charge in [0.05, 0.1) is 11.6 Å². The first-order valence-electron chi connectivity index (χ1n) is 7.56. The molecular weight excluding hydrogens is 269 g/mol. The fraction of sp³-hybridized carbons (Fsp3) is 0.562. The Hall–Kier alpha value is -1.64. The highest BCUT2D eigenvalue weighted by Crippen LogP contribution is 2.43. The molecule has 1 aromatic rings. The Bertz CT molecular complexity index is 559. The largest absolute Gasteiger partial charge is 0.505 e. The van der Waals surface area contributed by atoms with Gasteiger partial charge < -0.3 is 10.4 Å². The van der Waals surface area contributed by atoms with Crippen LogP contribution in [0.1, 0.15) is 36.4 Å². The van der Waals surface area contributed by atoms with Crippen LogP contribution in [0.5, 0.6) is 5.75 Å². The number of hydrogen-bond donors (Lipinski definition) is 2. The lowest BCUT2D eigenvalue weighted by atomic mass is 9.96. The molecule has 2 fully saturated rings. The van der Waals surface area contributed by atoms with Gasteiger partial charge in [0, 0.05) is 37.8 Å². The van der Waals surface area contributed by atoms with E-state index in [9.17, 15) is 9.50 Å². The van der Waals surface area contributed by atoms with Crippen molar-refractivity contribution in [2.75, 3.05) is 26.2 Å². The van der Waals surface area contributed by atoms with E-state index in [1.807, 2.05) is 6.07 Å². The van der Waals surface area contributed by atoms with Gasteiger partial charge in [0.2, 0.25) is 0 Å². The molecule has 0 unspecified atom stereocenters. The summed E-state index contributed by atoms with van der Waals surface area (Å²) in [7, 11) is 0. The highest BCUT2D eigenvalue weighted by molar-refractivity contribution is 5.44. The van der Waals surface area contributed by atoms with Crippen LogP contribution in [0.25, 0.3) is 0 Å². The molecule has 3 rings (SSSR count). The smallest absolute Gasteiger partial charge is 0.166 e. The zero-order valence-corrected chi connectivity index (χ0v) is 12.0. The lowest BCUT2D eigenvalue weighted by Crippen LogP contribution is -2.45. The number of phenolic OH excluding ortho intramolecular Hbond substituents is 1. The first-order valence-corrected chi connectivity index (χ1v) is 7.56. The van der Waals surface area contributed by atoms with Crippen LogP contribution in [0.3, 0.4) is 0 Å². The molecular formula is C16H20FN3O. The van der Waals surface area contributed by atoms with E-state index in [2.05, 4.69) is 10.2 Å². The summed E-state index contributed by atoms with van der Waals surface area (Å²) in [5.74, 6) is -0.323. The minimum absolute atomic E-state index is 0.00222. The van der Waals surface area contributed by atoms with Crippen molar-refractivity contribution in [2.24, 2.45) is 5.92 Å². The molecule has 1 aliphatic heterocycles. The number of rotatable bonds is 4. The fourth-order valence-electron chi connectivity index (χ4n) is 3.07. The van der Waals surface area contributed by atoms with Crippen LogP contribution in [0.15, 0.2) is 12.1 Å². The molecule has 112 valence electrons. The van der Waals surface area contributed by atoms with E-state index < -0.39 is 5.82 Å². The van der Waals surface area contributed by atoms with E-state index in [0.717, 1.165) is 38.7 Å². The van der Waals surface area contributed by atoms with Crippen LogP contribution in [0.2, 0.25) is 0 Å². The van der Waals surface area contributed by atoms with Crippen LogP contribution in [0, 0.1) is 23.1 Å². The molecule has 1 atom stereocenters. The molecule has 5 heteroatoms. The Morgan fingerprint density at radius 2 is 2.10 bits per heavy atom. The third kappa shape index (κ3) is 3.17. The number of phenols is 1. The Labute approximate surface area is 124 Å². The van der Waals surface area contributed by atoms with Crippen molar-refractivity contribution in [2.45, 2.75) is 25.3 Å². The maximum absolute atomic E-state index is 13.9. The van der Waals surface area contributed by atoms with Gasteiger partial charge in [-0.1, -0.05) is 12.8 Å². The summed E-state index contributed by atoms with van der Waals surface area (Å²) in [5.41, 5.74) is 0.844. The maximum Gasteiger partial charge on any atom is 0.166 e. The predicted octanol–water partition coefficient (Wildman–Crippen LogP) is 2.15. The van der Waals surface area contributed by atoms with E-state index in [4.69, 9.17) is 5.26 Å². The Morgan fingerprint density at radius 3 is 2.71 bits per heavy atom. The SMILES string of the molecule is N#Cc1cc(F)c(O)c([C@@H](CC2CC2)N2CCNCC2)c1. The number of hydrogen-bond acceptors (Lipinski definition) is 4. The second-order valence-corrected chi connectivity index (χ2v) is 5.99. The monoisotopic (exact) mass is 289 g/mol. The van der Waals surface area contributed by atoms with E-state index in [-0.39, 0.29) is 17.4 Å². The number of benzene rings is 1. The lowest BCUT2D eigenvalue weighted by molar-refractivity contribution is 0.157. The van der Waals surface area contributed by atoms with Gasteiger partial charge in [-0.05, 0) is 24.5 Å². The van der Waals surface area contributed by atoms with Crippen molar-refractivity contribution in [1.29, 1.82) is 5.26 Å². The van der Waals surface area contributed by atoms with Crippen molar-refractivity contribution in [3.8, 4) is 11.8 Å². The van der Waals surface area contributed by atoms with Gasteiger partial charge in [-0.2, -0.15) is 5.26 Å². The van der Waals surface area contributed by atoms with E-state index in [1.165, 1.54) is 12.8 Å². The molecule has 0 amide bonds. The molecule has 1 aliphatic carbocycles. The third-order valence-corrected chi connectivity index (χ3v) is 4.43. The fourth-order valence-corrected chi connectivity index (χ4v) is 3.07. The molecule has 1 heterocycles. The standard InChI is InChI=1S/C16H20FN3O/c17-14-8-12(10-18)7-13(16(14)21)15(9-11-1-2-11)20-5-3-19-4-6-20/h7-8,11,15,19,21H,1-6,9H2/t15-/m1/s1. The van der Waals surface area contributed by atoms with Gasteiger partial charge >= 0.3 is 0 Å². The summed E-state index contributed by atoms with van der Waals surface area (Å²) in [6.07, 6.45) is 3.36. The van der Waals surface area contributed by atoms with Crippen LogP contribution >= 0.6 is 0 Å². The van der Waals surface area contributed by atoms with Crippen molar-refractivity contribution in [3.63, 3.8) is 0 Å². The van der Waals surface area contributed by atoms with Gasteiger partial charge in [0.15, 0.2) is 11.6 Å². The molecule has 1 aromatic carbocycles. The molecule has 0 bridgehead atoms. The zero-order valence-electron chi connectivity index (χ0n) is 12.0. The average molecular weight is 289 g/mol. The number of piperazine rings is 1. The highest BCUT2D eigenvalue weighted by atomic mass is 19.1. The third-order valence-electron chi connectivity index (χ3n) is 4.43. The molecule has 1 saturated heterocycles.